The molecule has 0 unspecified atom stereocenters. The summed E-state index contributed by atoms with van der Waals surface area (Å²) in [6.45, 7) is 3.40. The van der Waals surface area contributed by atoms with Gasteiger partial charge in [0.05, 0.1) is 6.54 Å². The molecule has 1 heterocycles. The molecule has 1 atom stereocenters. The van der Waals surface area contributed by atoms with Gasteiger partial charge in [0, 0.05) is 11.3 Å². The molecule has 1 saturated heterocycles. The third-order valence-corrected chi connectivity index (χ3v) is 3.50. The van der Waals surface area contributed by atoms with Crippen molar-refractivity contribution >= 4 is 11.8 Å². The third kappa shape index (κ3) is 1.65. The first-order chi connectivity index (χ1) is 5.86. The van der Waals surface area contributed by atoms with Crippen LogP contribution in [-0.2, 0) is 0 Å². The molecule has 1 aliphatic heterocycles. The lowest BCUT2D eigenvalue weighted by molar-refractivity contribution is -0.663. The highest BCUT2D eigenvalue weighted by molar-refractivity contribution is 7.99. The molecule has 2 heteroatoms. The fourth-order valence-electron chi connectivity index (χ4n) is 1.47. The topological polar surface area (TPSA) is 16.6 Å². The highest BCUT2D eigenvalue weighted by Crippen LogP contribution is 2.24. The van der Waals surface area contributed by atoms with Gasteiger partial charge < -0.3 is 5.32 Å². The van der Waals surface area contributed by atoms with Crippen LogP contribution in [0.3, 0.4) is 0 Å². The van der Waals surface area contributed by atoms with Crippen molar-refractivity contribution in [2.45, 2.75) is 12.3 Å². The number of quaternary nitrogens is 1. The van der Waals surface area contributed by atoms with Crippen molar-refractivity contribution in [3.63, 3.8) is 0 Å². The SMILES string of the molecule is Cc1ccc([C@H]2[NH2+]CCS2)cc1. The first-order valence-corrected chi connectivity index (χ1v) is 5.42. The van der Waals surface area contributed by atoms with Gasteiger partial charge in [0.25, 0.3) is 0 Å². The first kappa shape index (κ1) is 8.14. The van der Waals surface area contributed by atoms with Crippen LogP contribution in [0.5, 0.6) is 0 Å². The zero-order chi connectivity index (χ0) is 8.39. The molecular formula is C10H14NS+. The predicted molar refractivity (Wildman–Crippen MR) is 53.2 cm³/mol. The lowest BCUT2D eigenvalue weighted by Crippen LogP contribution is -2.81. The maximum absolute atomic E-state index is 2.41. The summed E-state index contributed by atoms with van der Waals surface area (Å²) in [4.78, 5) is 0. The van der Waals surface area contributed by atoms with E-state index in [1.54, 1.807) is 0 Å². The number of benzene rings is 1. The molecule has 1 nitrogen and oxygen atoms in total. The number of rotatable bonds is 1. The number of hydrogen-bond acceptors (Lipinski definition) is 1. The number of nitrogens with two attached hydrogens (primary N) is 1. The minimum atomic E-state index is 0.658. The van der Waals surface area contributed by atoms with Crippen LogP contribution in [-0.4, -0.2) is 12.3 Å². The van der Waals surface area contributed by atoms with Crippen LogP contribution in [0.25, 0.3) is 0 Å². The van der Waals surface area contributed by atoms with Crippen LogP contribution < -0.4 is 5.32 Å². The van der Waals surface area contributed by atoms with Crippen LogP contribution in [0, 0.1) is 6.92 Å². The summed E-state index contributed by atoms with van der Waals surface area (Å²) < 4.78 is 0. The van der Waals surface area contributed by atoms with Gasteiger partial charge in [-0.3, -0.25) is 0 Å². The van der Waals surface area contributed by atoms with E-state index in [-0.39, 0.29) is 0 Å². The molecule has 12 heavy (non-hydrogen) atoms. The molecule has 2 N–H and O–H groups in total. The van der Waals surface area contributed by atoms with Gasteiger partial charge in [-0.05, 0) is 6.92 Å². The summed E-state index contributed by atoms with van der Waals surface area (Å²) >= 11 is 2.05. The predicted octanol–water partition coefficient (Wildman–Crippen LogP) is 1.30. The maximum atomic E-state index is 2.41. The van der Waals surface area contributed by atoms with E-state index in [1.165, 1.54) is 23.4 Å². The number of aryl methyl sites for hydroxylation is 1. The van der Waals surface area contributed by atoms with Crippen LogP contribution in [0.15, 0.2) is 24.3 Å². The minimum absolute atomic E-state index is 0.658. The van der Waals surface area contributed by atoms with Crippen molar-refractivity contribution in [3.05, 3.63) is 35.4 Å². The largest absolute Gasteiger partial charge is 0.331 e. The van der Waals surface area contributed by atoms with Crippen LogP contribution in [0.4, 0.5) is 0 Å². The van der Waals surface area contributed by atoms with E-state index in [0.717, 1.165) is 0 Å². The Kier molecular flexibility index (Phi) is 2.38. The van der Waals surface area contributed by atoms with E-state index in [1.807, 2.05) is 11.8 Å². The van der Waals surface area contributed by atoms with Crippen LogP contribution >= 0.6 is 11.8 Å². The van der Waals surface area contributed by atoms with Crippen molar-refractivity contribution in [3.8, 4) is 0 Å². The second-order valence-electron chi connectivity index (χ2n) is 3.23. The number of thioether (sulfide) groups is 1. The van der Waals surface area contributed by atoms with E-state index in [0.29, 0.717) is 5.37 Å². The van der Waals surface area contributed by atoms with Gasteiger partial charge in [0.15, 0.2) is 5.37 Å². The Hall–Kier alpha value is -0.470. The Bertz CT molecular complexity index is 249. The molecule has 0 bridgehead atoms. The summed E-state index contributed by atoms with van der Waals surface area (Å²) in [5.74, 6) is 1.29. The highest BCUT2D eigenvalue weighted by Gasteiger charge is 2.20. The summed E-state index contributed by atoms with van der Waals surface area (Å²) in [7, 11) is 0. The van der Waals surface area contributed by atoms with Gasteiger partial charge in [-0.15, -0.1) is 0 Å². The van der Waals surface area contributed by atoms with Crippen LogP contribution in [0.1, 0.15) is 16.5 Å². The maximum Gasteiger partial charge on any atom is 0.159 e. The molecule has 0 amide bonds. The summed E-state index contributed by atoms with van der Waals surface area (Å²) in [6.07, 6.45) is 0. The summed E-state index contributed by atoms with van der Waals surface area (Å²) in [5, 5.41) is 3.07. The van der Waals surface area contributed by atoms with Gasteiger partial charge in [-0.1, -0.05) is 41.6 Å². The Balaban J connectivity index is 2.17. The molecule has 0 aromatic heterocycles. The second kappa shape index (κ2) is 3.50. The standard InChI is InChI=1S/C10H13NS/c1-8-2-4-9(5-3-8)10-11-6-7-12-10/h2-5,10-11H,6-7H2,1H3/p+1/t10-/m0/s1. The number of hydrogen-bond donors (Lipinski definition) is 1. The van der Waals surface area contributed by atoms with E-state index in [4.69, 9.17) is 0 Å². The molecule has 1 aliphatic rings. The molecule has 0 aliphatic carbocycles. The van der Waals surface area contributed by atoms with E-state index >= 15 is 0 Å². The lowest BCUT2D eigenvalue weighted by atomic mass is 10.1. The van der Waals surface area contributed by atoms with E-state index in [9.17, 15) is 0 Å². The fourth-order valence-corrected chi connectivity index (χ4v) is 2.62. The minimum Gasteiger partial charge on any atom is -0.331 e. The van der Waals surface area contributed by atoms with Crippen molar-refractivity contribution in [1.29, 1.82) is 0 Å². The smallest absolute Gasteiger partial charge is 0.159 e. The van der Waals surface area contributed by atoms with Gasteiger partial charge in [0.1, 0.15) is 0 Å². The average molecular weight is 180 g/mol. The molecule has 1 fully saturated rings. The molecule has 0 saturated carbocycles. The van der Waals surface area contributed by atoms with Crippen molar-refractivity contribution in [2.75, 3.05) is 12.3 Å². The Labute approximate surface area is 77.6 Å². The Morgan fingerprint density at radius 1 is 1.33 bits per heavy atom. The zero-order valence-electron chi connectivity index (χ0n) is 7.29. The third-order valence-electron chi connectivity index (χ3n) is 2.20. The molecule has 0 radical (unpaired) electrons. The van der Waals surface area contributed by atoms with Gasteiger partial charge >= 0.3 is 0 Å². The van der Waals surface area contributed by atoms with Gasteiger partial charge in [-0.2, -0.15) is 0 Å². The second-order valence-corrected chi connectivity index (χ2v) is 4.48. The van der Waals surface area contributed by atoms with Gasteiger partial charge in [-0.25, -0.2) is 0 Å². The first-order valence-electron chi connectivity index (χ1n) is 4.38. The van der Waals surface area contributed by atoms with E-state index < -0.39 is 0 Å². The summed E-state index contributed by atoms with van der Waals surface area (Å²) in [5.41, 5.74) is 2.81. The molecule has 1 aromatic carbocycles. The van der Waals surface area contributed by atoms with Crippen LogP contribution in [0.2, 0.25) is 0 Å². The van der Waals surface area contributed by atoms with Crippen molar-refractivity contribution < 1.29 is 5.32 Å². The van der Waals surface area contributed by atoms with Crippen molar-refractivity contribution in [2.24, 2.45) is 0 Å². The molecule has 64 valence electrons. The molecule has 0 spiro atoms. The quantitative estimate of drug-likeness (QED) is 0.689. The Morgan fingerprint density at radius 2 is 2.08 bits per heavy atom. The average Bonchev–Trinajstić information content (AvgIpc) is 2.58. The fraction of sp³-hybridized carbons (Fsp3) is 0.400. The zero-order valence-corrected chi connectivity index (χ0v) is 8.10. The molecular weight excluding hydrogens is 166 g/mol. The molecule has 2 rings (SSSR count). The van der Waals surface area contributed by atoms with Crippen molar-refractivity contribution in [1.82, 2.24) is 0 Å². The van der Waals surface area contributed by atoms with E-state index in [2.05, 4.69) is 36.5 Å². The Morgan fingerprint density at radius 3 is 2.67 bits per heavy atom. The summed E-state index contributed by atoms with van der Waals surface area (Å²) in [6, 6.07) is 8.88. The monoisotopic (exact) mass is 180 g/mol. The highest BCUT2D eigenvalue weighted by atomic mass is 32.2. The normalized spacial score (nSPS) is 22.9. The molecule has 1 aromatic rings. The van der Waals surface area contributed by atoms with Gasteiger partial charge in [0.2, 0.25) is 0 Å². The lowest BCUT2D eigenvalue weighted by Gasteiger charge is -2.05.